The molecule has 0 aromatic heterocycles. The third-order valence-electron chi connectivity index (χ3n) is 4.24. The number of rotatable bonds is 0. The Kier molecular flexibility index (Phi) is 1.48. The van der Waals surface area contributed by atoms with Gasteiger partial charge in [-0.05, 0) is 37.5 Å². The van der Waals surface area contributed by atoms with Crippen LogP contribution in [0.15, 0.2) is 5.16 Å². The molecule has 0 amide bonds. The summed E-state index contributed by atoms with van der Waals surface area (Å²) in [6, 6.07) is 0. The monoisotopic (exact) mass is 181 g/mol. The SMILES string of the molecule is O/N=C1\[C@H]2C[C@H]3C[C@@H](C2)[C@H](O)[C@H]1C3. The molecule has 0 heterocycles. The highest BCUT2D eigenvalue weighted by molar-refractivity contribution is 5.90. The van der Waals surface area contributed by atoms with Crippen LogP contribution in [-0.2, 0) is 0 Å². The van der Waals surface area contributed by atoms with E-state index in [2.05, 4.69) is 5.16 Å². The summed E-state index contributed by atoms with van der Waals surface area (Å²) in [5, 5.41) is 22.2. The molecule has 3 nitrogen and oxygen atoms in total. The topological polar surface area (TPSA) is 52.8 Å². The second-order valence-electron chi connectivity index (χ2n) is 4.89. The minimum atomic E-state index is -0.223. The lowest BCUT2D eigenvalue weighted by atomic mass is 9.54. The smallest absolute Gasteiger partial charge is 0.0658 e. The highest BCUT2D eigenvalue weighted by Gasteiger charge is 2.51. The molecule has 0 aromatic rings. The summed E-state index contributed by atoms with van der Waals surface area (Å²) in [4.78, 5) is 0. The van der Waals surface area contributed by atoms with E-state index in [4.69, 9.17) is 5.21 Å². The summed E-state index contributed by atoms with van der Waals surface area (Å²) in [5.74, 6) is 1.95. The van der Waals surface area contributed by atoms with Crippen molar-refractivity contribution in [2.45, 2.75) is 31.8 Å². The zero-order chi connectivity index (χ0) is 9.00. The van der Waals surface area contributed by atoms with Crippen molar-refractivity contribution >= 4 is 5.71 Å². The van der Waals surface area contributed by atoms with Gasteiger partial charge in [0.05, 0.1) is 11.8 Å². The van der Waals surface area contributed by atoms with E-state index in [9.17, 15) is 5.11 Å². The van der Waals surface area contributed by atoms with Crippen LogP contribution >= 0.6 is 0 Å². The fourth-order valence-corrected chi connectivity index (χ4v) is 3.78. The van der Waals surface area contributed by atoms with E-state index in [1.807, 2.05) is 0 Å². The molecule has 4 fully saturated rings. The first-order chi connectivity index (χ1) is 6.29. The summed E-state index contributed by atoms with van der Waals surface area (Å²) in [7, 11) is 0. The Labute approximate surface area is 77.4 Å². The van der Waals surface area contributed by atoms with Gasteiger partial charge in [-0.1, -0.05) is 5.16 Å². The Morgan fingerprint density at radius 1 is 1.15 bits per heavy atom. The molecule has 0 aliphatic heterocycles. The van der Waals surface area contributed by atoms with Gasteiger partial charge in [0.25, 0.3) is 0 Å². The predicted molar refractivity (Wildman–Crippen MR) is 47.7 cm³/mol. The van der Waals surface area contributed by atoms with Crippen LogP contribution in [0.1, 0.15) is 25.7 Å². The van der Waals surface area contributed by atoms with Gasteiger partial charge in [-0.3, -0.25) is 0 Å². The highest BCUT2D eigenvalue weighted by Crippen LogP contribution is 2.52. The molecular weight excluding hydrogens is 166 g/mol. The van der Waals surface area contributed by atoms with Gasteiger partial charge in [0.1, 0.15) is 0 Å². The molecule has 0 saturated heterocycles. The van der Waals surface area contributed by atoms with Gasteiger partial charge in [0.2, 0.25) is 0 Å². The second-order valence-corrected chi connectivity index (χ2v) is 4.89. The van der Waals surface area contributed by atoms with Gasteiger partial charge in [-0.2, -0.15) is 0 Å². The molecule has 0 aromatic carbocycles. The molecule has 4 bridgehead atoms. The molecule has 4 aliphatic carbocycles. The predicted octanol–water partition coefficient (Wildman–Crippen LogP) is 1.24. The summed E-state index contributed by atoms with van der Waals surface area (Å²) in [6.45, 7) is 0. The van der Waals surface area contributed by atoms with Crippen LogP contribution in [0.3, 0.4) is 0 Å². The van der Waals surface area contributed by atoms with E-state index in [0.29, 0.717) is 11.8 Å². The Balaban J connectivity index is 1.98. The van der Waals surface area contributed by atoms with Gasteiger partial charge in [-0.15, -0.1) is 0 Å². The summed E-state index contributed by atoms with van der Waals surface area (Å²) in [5.41, 5.74) is 0.889. The van der Waals surface area contributed by atoms with Crippen LogP contribution < -0.4 is 0 Å². The molecule has 4 rings (SSSR count). The fourth-order valence-electron chi connectivity index (χ4n) is 3.78. The lowest BCUT2D eigenvalue weighted by Crippen LogP contribution is -2.53. The van der Waals surface area contributed by atoms with E-state index in [1.54, 1.807) is 0 Å². The summed E-state index contributed by atoms with van der Waals surface area (Å²) in [6.07, 6.45) is 4.27. The second kappa shape index (κ2) is 2.47. The molecular formula is C10H15NO2. The molecule has 2 N–H and O–H groups in total. The van der Waals surface area contributed by atoms with Crippen LogP contribution in [0.2, 0.25) is 0 Å². The molecule has 0 unspecified atom stereocenters. The molecule has 0 radical (unpaired) electrons. The first kappa shape index (κ1) is 7.80. The number of hydrogen-bond donors (Lipinski definition) is 2. The van der Waals surface area contributed by atoms with Crippen molar-refractivity contribution in [2.24, 2.45) is 28.8 Å². The fraction of sp³-hybridized carbons (Fsp3) is 0.900. The quantitative estimate of drug-likeness (QED) is 0.436. The maximum Gasteiger partial charge on any atom is 0.0658 e. The Hall–Kier alpha value is -0.570. The van der Waals surface area contributed by atoms with Gasteiger partial charge in [-0.25, -0.2) is 0 Å². The van der Waals surface area contributed by atoms with Crippen molar-refractivity contribution in [1.29, 1.82) is 0 Å². The Morgan fingerprint density at radius 2 is 2.00 bits per heavy atom. The summed E-state index contributed by atoms with van der Waals surface area (Å²) >= 11 is 0. The zero-order valence-electron chi connectivity index (χ0n) is 7.56. The molecule has 0 spiro atoms. The van der Waals surface area contributed by atoms with Gasteiger partial charge < -0.3 is 10.3 Å². The Bertz CT molecular complexity index is 264. The van der Waals surface area contributed by atoms with Crippen LogP contribution in [0.5, 0.6) is 0 Å². The number of aliphatic hydroxyl groups is 1. The standard InChI is InChI=1S/C10H15NO2/c12-10-7-2-5-1-6(4-7)9(11-13)8(10)3-5/h5-8,10,12-13H,1-4H2/b11-9+/t5-,6-,7-,8-,10-/m0/s1. The van der Waals surface area contributed by atoms with E-state index in [-0.39, 0.29) is 12.0 Å². The average molecular weight is 181 g/mol. The van der Waals surface area contributed by atoms with Crippen LogP contribution in [0.25, 0.3) is 0 Å². The van der Waals surface area contributed by atoms with E-state index in [0.717, 1.165) is 24.5 Å². The number of nitrogens with zero attached hydrogens (tertiary/aromatic N) is 1. The lowest BCUT2D eigenvalue weighted by Gasteiger charge is -2.52. The highest BCUT2D eigenvalue weighted by atomic mass is 16.4. The van der Waals surface area contributed by atoms with Crippen molar-refractivity contribution in [3.63, 3.8) is 0 Å². The average Bonchev–Trinajstić information content (AvgIpc) is 2.13. The number of oxime groups is 1. The number of aliphatic hydroxyl groups excluding tert-OH is 1. The molecule has 72 valence electrons. The zero-order valence-corrected chi connectivity index (χ0v) is 7.56. The third kappa shape index (κ3) is 0.909. The maximum atomic E-state index is 9.94. The van der Waals surface area contributed by atoms with Crippen LogP contribution in [0, 0.1) is 23.7 Å². The molecule has 13 heavy (non-hydrogen) atoms. The molecule has 5 atom stereocenters. The van der Waals surface area contributed by atoms with Crippen LogP contribution in [0.4, 0.5) is 0 Å². The minimum Gasteiger partial charge on any atom is -0.411 e. The van der Waals surface area contributed by atoms with Gasteiger partial charge in [0.15, 0.2) is 0 Å². The molecule has 4 aliphatic rings. The first-order valence-corrected chi connectivity index (χ1v) is 5.19. The van der Waals surface area contributed by atoms with Crippen molar-refractivity contribution < 1.29 is 10.3 Å². The normalized spacial score (nSPS) is 56.1. The first-order valence-electron chi connectivity index (χ1n) is 5.19. The van der Waals surface area contributed by atoms with Crippen molar-refractivity contribution in [1.82, 2.24) is 0 Å². The van der Waals surface area contributed by atoms with E-state index < -0.39 is 0 Å². The minimum absolute atomic E-state index is 0.182. The largest absolute Gasteiger partial charge is 0.411 e. The lowest BCUT2D eigenvalue weighted by molar-refractivity contribution is -0.0341. The molecule has 3 heteroatoms. The van der Waals surface area contributed by atoms with Gasteiger partial charge in [0, 0.05) is 11.8 Å². The number of hydrogen-bond acceptors (Lipinski definition) is 3. The third-order valence-corrected chi connectivity index (χ3v) is 4.24. The summed E-state index contributed by atoms with van der Waals surface area (Å²) < 4.78 is 0. The maximum absolute atomic E-state index is 9.94. The van der Waals surface area contributed by atoms with Crippen molar-refractivity contribution in [3.8, 4) is 0 Å². The van der Waals surface area contributed by atoms with Crippen molar-refractivity contribution in [3.05, 3.63) is 0 Å². The van der Waals surface area contributed by atoms with Gasteiger partial charge >= 0.3 is 0 Å². The van der Waals surface area contributed by atoms with Crippen LogP contribution in [-0.4, -0.2) is 22.1 Å². The Morgan fingerprint density at radius 3 is 2.77 bits per heavy atom. The van der Waals surface area contributed by atoms with E-state index >= 15 is 0 Å². The molecule has 4 saturated carbocycles. The van der Waals surface area contributed by atoms with E-state index in [1.165, 1.54) is 12.8 Å². The van der Waals surface area contributed by atoms with Crippen molar-refractivity contribution in [2.75, 3.05) is 0 Å².